The fourth-order valence-electron chi connectivity index (χ4n) is 2.41. The summed E-state index contributed by atoms with van der Waals surface area (Å²) in [5, 5.41) is 4.18. The van der Waals surface area contributed by atoms with Gasteiger partial charge in [0.25, 0.3) is 0 Å². The zero-order chi connectivity index (χ0) is 17.4. The molecule has 0 heterocycles. The molecule has 0 unspecified atom stereocenters. The molecule has 0 saturated heterocycles. The quantitative estimate of drug-likeness (QED) is 0.596. The number of ether oxygens (including phenoxy) is 2. The molecule has 0 aromatic heterocycles. The summed E-state index contributed by atoms with van der Waals surface area (Å²) in [6.45, 7) is 8.16. The Morgan fingerprint density at radius 1 is 1.00 bits per heavy atom. The van der Waals surface area contributed by atoms with Gasteiger partial charge in [-0.25, -0.2) is 0 Å². The van der Waals surface area contributed by atoms with Crippen LogP contribution in [0.15, 0.2) is 36.4 Å². The van der Waals surface area contributed by atoms with Crippen LogP contribution in [-0.4, -0.2) is 19.8 Å². The average Bonchev–Trinajstić information content (AvgIpc) is 2.58. The molecule has 0 fully saturated rings. The van der Waals surface area contributed by atoms with Crippen molar-refractivity contribution in [1.29, 1.82) is 0 Å². The number of nitrogens with one attached hydrogen (secondary N) is 1. The third-order valence-corrected chi connectivity index (χ3v) is 4.33. The van der Waals surface area contributed by atoms with Crippen LogP contribution in [0.1, 0.15) is 30.9 Å². The Bertz CT molecular complexity index is 635. The van der Waals surface area contributed by atoms with E-state index in [-0.39, 0.29) is 0 Å². The minimum atomic E-state index is 0.573. The second-order valence-electron chi connectivity index (χ2n) is 5.84. The maximum atomic E-state index is 6.18. The first-order valence-electron chi connectivity index (χ1n) is 8.47. The second kappa shape index (κ2) is 9.43. The molecular formula is C20H26ClNO2. The van der Waals surface area contributed by atoms with Crippen LogP contribution in [0, 0.1) is 13.8 Å². The first-order valence-corrected chi connectivity index (χ1v) is 8.85. The Morgan fingerprint density at radius 2 is 1.71 bits per heavy atom. The lowest BCUT2D eigenvalue weighted by Crippen LogP contribution is -2.12. The highest BCUT2D eigenvalue weighted by Crippen LogP contribution is 2.26. The van der Waals surface area contributed by atoms with E-state index in [4.69, 9.17) is 21.1 Å². The van der Waals surface area contributed by atoms with Crippen LogP contribution in [0.25, 0.3) is 0 Å². The van der Waals surface area contributed by atoms with E-state index in [0.29, 0.717) is 13.2 Å². The van der Waals surface area contributed by atoms with Gasteiger partial charge in [-0.15, -0.1) is 0 Å². The van der Waals surface area contributed by atoms with Gasteiger partial charge in [-0.1, -0.05) is 37.1 Å². The standard InChI is InChI=1S/C20H26ClNO2/c1-4-5-11-24-19-9-7-6-8-18(19)22-10-12-23-17-13-15(2)20(21)16(3)14-17/h6-9,13-14,22H,4-5,10-12H2,1-3H3. The normalized spacial score (nSPS) is 10.5. The van der Waals surface area contributed by atoms with Crippen LogP contribution in [0.3, 0.4) is 0 Å². The zero-order valence-electron chi connectivity index (χ0n) is 14.7. The van der Waals surface area contributed by atoms with Crippen LogP contribution in [0.2, 0.25) is 5.02 Å². The maximum absolute atomic E-state index is 6.18. The molecule has 0 saturated carbocycles. The van der Waals surface area contributed by atoms with Gasteiger partial charge in [0, 0.05) is 11.6 Å². The number of benzene rings is 2. The molecule has 4 heteroatoms. The van der Waals surface area contributed by atoms with Crippen molar-refractivity contribution in [3.63, 3.8) is 0 Å². The number of hydrogen-bond donors (Lipinski definition) is 1. The minimum absolute atomic E-state index is 0.573. The molecule has 3 nitrogen and oxygen atoms in total. The number of anilines is 1. The summed E-state index contributed by atoms with van der Waals surface area (Å²) in [5.41, 5.74) is 3.07. The minimum Gasteiger partial charge on any atom is -0.492 e. The van der Waals surface area contributed by atoms with Gasteiger partial charge in [-0.2, -0.15) is 0 Å². The van der Waals surface area contributed by atoms with Crippen molar-refractivity contribution in [1.82, 2.24) is 0 Å². The van der Waals surface area contributed by atoms with Crippen molar-refractivity contribution in [3.05, 3.63) is 52.5 Å². The van der Waals surface area contributed by atoms with E-state index >= 15 is 0 Å². The van der Waals surface area contributed by atoms with Crippen LogP contribution >= 0.6 is 11.6 Å². The molecule has 0 aliphatic heterocycles. The average molecular weight is 348 g/mol. The van der Waals surface area contributed by atoms with Gasteiger partial charge < -0.3 is 14.8 Å². The van der Waals surface area contributed by atoms with Crippen molar-refractivity contribution < 1.29 is 9.47 Å². The van der Waals surface area contributed by atoms with Crippen LogP contribution in [-0.2, 0) is 0 Å². The summed E-state index contributed by atoms with van der Waals surface area (Å²) in [4.78, 5) is 0. The third-order valence-electron chi connectivity index (χ3n) is 3.74. The highest BCUT2D eigenvalue weighted by atomic mass is 35.5. The van der Waals surface area contributed by atoms with Crippen molar-refractivity contribution in [2.24, 2.45) is 0 Å². The van der Waals surface area contributed by atoms with E-state index in [1.165, 1.54) is 0 Å². The highest BCUT2D eigenvalue weighted by molar-refractivity contribution is 6.32. The SMILES string of the molecule is CCCCOc1ccccc1NCCOc1cc(C)c(Cl)c(C)c1. The topological polar surface area (TPSA) is 30.5 Å². The van der Waals surface area contributed by atoms with Crippen molar-refractivity contribution in [3.8, 4) is 11.5 Å². The summed E-state index contributed by atoms with van der Waals surface area (Å²) in [7, 11) is 0. The Morgan fingerprint density at radius 3 is 2.42 bits per heavy atom. The molecule has 2 rings (SSSR count). The molecule has 130 valence electrons. The molecule has 2 aromatic rings. The van der Waals surface area contributed by atoms with E-state index < -0.39 is 0 Å². The molecule has 24 heavy (non-hydrogen) atoms. The van der Waals surface area contributed by atoms with E-state index in [2.05, 4.69) is 12.2 Å². The molecule has 0 amide bonds. The summed E-state index contributed by atoms with van der Waals surface area (Å²) in [5.74, 6) is 1.74. The Labute approximate surface area is 149 Å². The Hall–Kier alpha value is -1.87. The van der Waals surface area contributed by atoms with Crippen molar-refractivity contribution >= 4 is 17.3 Å². The highest BCUT2D eigenvalue weighted by Gasteiger charge is 2.05. The number of unbranched alkanes of at least 4 members (excludes halogenated alkanes) is 1. The molecule has 0 radical (unpaired) electrons. The van der Waals surface area contributed by atoms with Crippen molar-refractivity contribution in [2.75, 3.05) is 25.1 Å². The van der Waals surface area contributed by atoms with Crippen molar-refractivity contribution in [2.45, 2.75) is 33.6 Å². The lowest BCUT2D eigenvalue weighted by atomic mass is 10.1. The molecule has 0 atom stereocenters. The predicted octanol–water partition coefficient (Wildman–Crippen LogP) is 5.63. The van der Waals surface area contributed by atoms with Gasteiger partial charge in [0.05, 0.1) is 12.3 Å². The summed E-state index contributed by atoms with van der Waals surface area (Å²) < 4.78 is 11.6. The molecule has 1 N–H and O–H groups in total. The fraction of sp³-hybridized carbons (Fsp3) is 0.400. The van der Waals surface area contributed by atoms with E-state index in [9.17, 15) is 0 Å². The molecule has 0 aliphatic carbocycles. The van der Waals surface area contributed by atoms with E-state index in [0.717, 1.165) is 52.8 Å². The summed E-state index contributed by atoms with van der Waals surface area (Å²) in [6.07, 6.45) is 2.19. The van der Waals surface area contributed by atoms with Gasteiger partial charge in [0.1, 0.15) is 18.1 Å². The lowest BCUT2D eigenvalue weighted by molar-refractivity contribution is 0.309. The van der Waals surface area contributed by atoms with Gasteiger partial charge in [-0.05, 0) is 55.7 Å². The zero-order valence-corrected chi connectivity index (χ0v) is 15.5. The number of para-hydroxylation sites is 2. The molecular weight excluding hydrogens is 322 g/mol. The summed E-state index contributed by atoms with van der Waals surface area (Å²) in [6, 6.07) is 11.9. The molecule has 2 aromatic carbocycles. The monoisotopic (exact) mass is 347 g/mol. The van der Waals surface area contributed by atoms with E-state index in [1.54, 1.807) is 0 Å². The second-order valence-corrected chi connectivity index (χ2v) is 6.22. The van der Waals surface area contributed by atoms with Gasteiger partial charge in [0.15, 0.2) is 0 Å². The van der Waals surface area contributed by atoms with E-state index in [1.807, 2.05) is 50.2 Å². The Kier molecular flexibility index (Phi) is 7.26. The number of rotatable bonds is 9. The van der Waals surface area contributed by atoms with Crippen LogP contribution in [0.4, 0.5) is 5.69 Å². The molecule has 0 bridgehead atoms. The molecule has 0 spiro atoms. The smallest absolute Gasteiger partial charge is 0.142 e. The van der Waals surface area contributed by atoms with Crippen LogP contribution in [0.5, 0.6) is 11.5 Å². The summed E-state index contributed by atoms with van der Waals surface area (Å²) >= 11 is 6.18. The third kappa shape index (κ3) is 5.34. The first kappa shape index (κ1) is 18.5. The Balaban J connectivity index is 1.84. The van der Waals surface area contributed by atoms with Gasteiger partial charge in [0.2, 0.25) is 0 Å². The maximum Gasteiger partial charge on any atom is 0.142 e. The molecule has 0 aliphatic rings. The fourth-order valence-corrected chi connectivity index (χ4v) is 2.52. The van der Waals surface area contributed by atoms with Gasteiger partial charge in [-0.3, -0.25) is 0 Å². The van der Waals surface area contributed by atoms with Crippen LogP contribution < -0.4 is 14.8 Å². The number of aryl methyl sites for hydroxylation is 2. The van der Waals surface area contributed by atoms with Gasteiger partial charge >= 0.3 is 0 Å². The number of halogens is 1. The largest absolute Gasteiger partial charge is 0.492 e. The number of hydrogen-bond acceptors (Lipinski definition) is 3. The predicted molar refractivity (Wildman–Crippen MR) is 102 cm³/mol. The first-order chi connectivity index (χ1) is 11.6. The lowest BCUT2D eigenvalue weighted by Gasteiger charge is -2.14.